The van der Waals surface area contributed by atoms with E-state index < -0.39 is 15.4 Å². The second-order valence-corrected chi connectivity index (χ2v) is 9.55. The smallest absolute Gasteiger partial charge is 0.229 e. The highest BCUT2D eigenvalue weighted by molar-refractivity contribution is 7.89. The number of piperazine rings is 1. The highest BCUT2D eigenvalue weighted by Crippen LogP contribution is 2.37. The van der Waals surface area contributed by atoms with Crippen LogP contribution >= 0.6 is 0 Å². The van der Waals surface area contributed by atoms with Crippen molar-refractivity contribution in [3.8, 4) is 0 Å². The predicted octanol–water partition coefficient (Wildman–Crippen LogP) is 1.66. The van der Waals surface area contributed by atoms with Gasteiger partial charge in [-0.2, -0.15) is 4.31 Å². The van der Waals surface area contributed by atoms with E-state index >= 15 is 0 Å². The van der Waals surface area contributed by atoms with Crippen molar-refractivity contribution in [2.75, 3.05) is 45.1 Å². The number of benzene rings is 1. The molecule has 0 aromatic heterocycles. The van der Waals surface area contributed by atoms with Gasteiger partial charge in [-0.1, -0.05) is 12.1 Å². The highest BCUT2D eigenvalue weighted by atomic mass is 32.2. The number of carbonyl (C=O) groups excluding carboxylic acids is 1. The maximum Gasteiger partial charge on any atom is 0.229 e. The number of halogens is 1. The van der Waals surface area contributed by atoms with Gasteiger partial charge in [0.1, 0.15) is 5.82 Å². The lowest BCUT2D eigenvalue weighted by Gasteiger charge is -2.42. The summed E-state index contributed by atoms with van der Waals surface area (Å²) in [5, 5.41) is 0. The number of amides is 1. The Morgan fingerprint density at radius 2 is 1.70 bits per heavy atom. The number of rotatable bonds is 5. The Morgan fingerprint density at radius 3 is 2.26 bits per heavy atom. The van der Waals surface area contributed by atoms with Crippen LogP contribution in [0.1, 0.15) is 25.3 Å². The van der Waals surface area contributed by atoms with E-state index in [1.54, 1.807) is 24.0 Å². The van der Waals surface area contributed by atoms with Crippen LogP contribution in [0, 0.1) is 11.2 Å². The van der Waals surface area contributed by atoms with Crippen LogP contribution < -0.4 is 0 Å². The van der Waals surface area contributed by atoms with E-state index in [2.05, 4.69) is 0 Å². The summed E-state index contributed by atoms with van der Waals surface area (Å²) in [6.45, 7) is 4.17. The second-order valence-electron chi connectivity index (χ2n) is 7.29. The molecule has 0 bridgehead atoms. The zero-order chi connectivity index (χ0) is 19.5. The molecule has 1 aromatic carbocycles. The van der Waals surface area contributed by atoms with Crippen LogP contribution in [0.15, 0.2) is 24.3 Å². The maximum absolute atomic E-state index is 13.4. The van der Waals surface area contributed by atoms with Gasteiger partial charge in [0.15, 0.2) is 0 Å². The third-order valence-corrected chi connectivity index (χ3v) is 7.52. The summed E-state index contributed by atoms with van der Waals surface area (Å²) in [4.78, 5) is 15.2. The number of hydrogen-bond donors (Lipinski definition) is 0. The summed E-state index contributed by atoms with van der Waals surface area (Å²) >= 11 is 0. The van der Waals surface area contributed by atoms with E-state index in [-0.39, 0.29) is 17.5 Å². The van der Waals surface area contributed by atoms with Crippen LogP contribution in [0.3, 0.4) is 0 Å². The molecule has 3 rings (SSSR count). The molecule has 27 heavy (non-hydrogen) atoms. The lowest BCUT2D eigenvalue weighted by Crippen LogP contribution is -2.56. The normalized spacial score (nSPS) is 21.2. The van der Waals surface area contributed by atoms with E-state index in [1.165, 1.54) is 16.4 Å². The molecular formula is C19H27FN2O4S. The van der Waals surface area contributed by atoms with Gasteiger partial charge in [0.25, 0.3) is 0 Å². The average molecular weight is 399 g/mol. The molecule has 0 unspecified atom stereocenters. The molecule has 0 aliphatic carbocycles. The first-order chi connectivity index (χ1) is 12.9. The van der Waals surface area contributed by atoms with Crippen molar-refractivity contribution in [3.05, 3.63) is 35.6 Å². The number of ether oxygens (including phenoxy) is 1. The van der Waals surface area contributed by atoms with E-state index in [0.717, 1.165) is 5.56 Å². The van der Waals surface area contributed by atoms with Crippen molar-refractivity contribution < 1.29 is 22.3 Å². The van der Waals surface area contributed by atoms with Gasteiger partial charge in [-0.3, -0.25) is 4.79 Å². The summed E-state index contributed by atoms with van der Waals surface area (Å²) in [5.41, 5.74) is 0.362. The van der Waals surface area contributed by atoms with Crippen molar-refractivity contribution in [2.24, 2.45) is 5.41 Å². The Labute approximate surface area is 160 Å². The van der Waals surface area contributed by atoms with Gasteiger partial charge in [0.2, 0.25) is 15.9 Å². The maximum atomic E-state index is 13.4. The van der Waals surface area contributed by atoms with Gasteiger partial charge in [-0.15, -0.1) is 0 Å². The molecule has 150 valence electrons. The molecule has 0 spiro atoms. The van der Waals surface area contributed by atoms with E-state index in [0.29, 0.717) is 58.7 Å². The van der Waals surface area contributed by atoms with Crippen molar-refractivity contribution in [1.82, 2.24) is 9.21 Å². The minimum atomic E-state index is -3.22. The van der Waals surface area contributed by atoms with Crippen LogP contribution in [0.5, 0.6) is 0 Å². The van der Waals surface area contributed by atoms with Crippen molar-refractivity contribution in [1.29, 1.82) is 0 Å². The highest BCUT2D eigenvalue weighted by Gasteiger charge is 2.43. The molecule has 2 heterocycles. The molecule has 0 N–H and O–H groups in total. The first-order valence-corrected chi connectivity index (χ1v) is 11.1. The van der Waals surface area contributed by atoms with E-state index in [9.17, 15) is 17.6 Å². The van der Waals surface area contributed by atoms with Crippen molar-refractivity contribution in [3.63, 3.8) is 0 Å². The fourth-order valence-electron chi connectivity index (χ4n) is 3.91. The molecule has 0 radical (unpaired) electrons. The quantitative estimate of drug-likeness (QED) is 0.757. The van der Waals surface area contributed by atoms with Gasteiger partial charge >= 0.3 is 0 Å². The molecule has 0 saturated carbocycles. The average Bonchev–Trinajstić information content (AvgIpc) is 2.70. The fourth-order valence-corrected chi connectivity index (χ4v) is 4.99. The molecule has 1 amide bonds. The monoisotopic (exact) mass is 398 g/mol. The van der Waals surface area contributed by atoms with Gasteiger partial charge in [-0.25, -0.2) is 12.8 Å². The van der Waals surface area contributed by atoms with Crippen LogP contribution in [-0.4, -0.2) is 68.7 Å². The first-order valence-electron chi connectivity index (χ1n) is 9.46. The fraction of sp³-hybridized carbons (Fsp3) is 0.632. The third kappa shape index (κ3) is 4.50. The Bertz CT molecular complexity index is 752. The molecule has 2 aliphatic rings. The SMILES string of the molecule is CCS(=O)(=O)N1CCN(C(=O)C2(Cc3ccc(F)cc3)CCOCC2)CC1. The first kappa shape index (κ1) is 20.2. The van der Waals surface area contributed by atoms with Crippen LogP contribution in [0.4, 0.5) is 4.39 Å². The number of nitrogens with zero attached hydrogens (tertiary/aromatic N) is 2. The Kier molecular flexibility index (Phi) is 6.18. The molecule has 2 fully saturated rings. The summed E-state index contributed by atoms with van der Waals surface area (Å²) in [7, 11) is -3.22. The second kappa shape index (κ2) is 8.24. The summed E-state index contributed by atoms with van der Waals surface area (Å²) in [6.07, 6.45) is 1.79. The minimum absolute atomic E-state index is 0.0590. The summed E-state index contributed by atoms with van der Waals surface area (Å²) in [6, 6.07) is 6.29. The van der Waals surface area contributed by atoms with Gasteiger partial charge in [0, 0.05) is 39.4 Å². The minimum Gasteiger partial charge on any atom is -0.381 e. The van der Waals surface area contributed by atoms with Crippen LogP contribution in [-0.2, 0) is 26.0 Å². The number of carbonyl (C=O) groups is 1. The number of sulfonamides is 1. The predicted molar refractivity (Wildman–Crippen MR) is 100 cm³/mol. The molecule has 8 heteroatoms. The van der Waals surface area contributed by atoms with Crippen molar-refractivity contribution in [2.45, 2.75) is 26.2 Å². The molecule has 1 aromatic rings. The van der Waals surface area contributed by atoms with E-state index in [1.807, 2.05) is 0 Å². The molecule has 6 nitrogen and oxygen atoms in total. The Hall–Kier alpha value is -1.51. The largest absolute Gasteiger partial charge is 0.381 e. The zero-order valence-corrected chi connectivity index (χ0v) is 16.5. The molecule has 2 aliphatic heterocycles. The van der Waals surface area contributed by atoms with Gasteiger partial charge in [-0.05, 0) is 43.9 Å². The van der Waals surface area contributed by atoms with Gasteiger partial charge in [0.05, 0.1) is 11.2 Å². The van der Waals surface area contributed by atoms with E-state index in [4.69, 9.17) is 4.74 Å². The lowest BCUT2D eigenvalue weighted by molar-refractivity contribution is -0.149. The number of hydrogen-bond acceptors (Lipinski definition) is 4. The summed E-state index contributed by atoms with van der Waals surface area (Å²) < 4.78 is 44.2. The molecular weight excluding hydrogens is 371 g/mol. The third-order valence-electron chi connectivity index (χ3n) is 5.64. The lowest BCUT2D eigenvalue weighted by atomic mass is 9.74. The van der Waals surface area contributed by atoms with Crippen molar-refractivity contribution >= 4 is 15.9 Å². The zero-order valence-electron chi connectivity index (χ0n) is 15.7. The van der Waals surface area contributed by atoms with Crippen LogP contribution in [0.2, 0.25) is 0 Å². The molecule has 2 saturated heterocycles. The Balaban J connectivity index is 1.73. The summed E-state index contributed by atoms with van der Waals surface area (Å²) in [5.74, 6) is -0.157. The standard InChI is InChI=1S/C19H27FN2O4S/c1-2-27(24,25)22-11-9-21(10-12-22)18(23)19(7-13-26-14-8-19)15-16-3-5-17(20)6-4-16/h3-6H,2,7-15H2,1H3. The Morgan fingerprint density at radius 1 is 1.11 bits per heavy atom. The molecule has 0 atom stereocenters. The van der Waals surface area contributed by atoms with Gasteiger partial charge < -0.3 is 9.64 Å². The van der Waals surface area contributed by atoms with Crippen LogP contribution in [0.25, 0.3) is 0 Å². The topological polar surface area (TPSA) is 66.9 Å².